The zero-order valence-corrected chi connectivity index (χ0v) is 20.0. The molecule has 0 radical (unpaired) electrons. The fourth-order valence-electron chi connectivity index (χ4n) is 7.37. The number of nitrogens with zero attached hydrogens (tertiary/aromatic N) is 2. The summed E-state index contributed by atoms with van der Waals surface area (Å²) >= 11 is 0. The van der Waals surface area contributed by atoms with Crippen molar-refractivity contribution in [3.63, 3.8) is 0 Å². The van der Waals surface area contributed by atoms with Crippen LogP contribution in [0.1, 0.15) is 55.8 Å². The topological polar surface area (TPSA) is 56.2 Å². The molecule has 4 fully saturated rings. The highest BCUT2D eigenvalue weighted by atomic mass is 16.5. The van der Waals surface area contributed by atoms with E-state index in [4.69, 9.17) is 9.84 Å². The van der Waals surface area contributed by atoms with E-state index in [2.05, 4.69) is 12.2 Å². The summed E-state index contributed by atoms with van der Waals surface area (Å²) in [6.07, 6.45) is 9.90. The number of rotatable bonds is 6. The fraction of sp³-hybridized carbons (Fsp3) is 0.448. The number of methoxy groups -OCH3 is 1. The van der Waals surface area contributed by atoms with Crippen molar-refractivity contribution in [1.82, 2.24) is 15.1 Å². The Morgan fingerprint density at radius 1 is 1.03 bits per heavy atom. The first-order chi connectivity index (χ1) is 16.5. The lowest BCUT2D eigenvalue weighted by atomic mass is 9.48. The normalized spacial score (nSPS) is 28.0. The number of carbonyl (C=O) groups is 1. The van der Waals surface area contributed by atoms with Crippen LogP contribution in [0.3, 0.4) is 0 Å². The highest BCUT2D eigenvalue weighted by molar-refractivity contribution is 6.00. The van der Waals surface area contributed by atoms with Crippen LogP contribution in [0.4, 0.5) is 0 Å². The first-order valence-electron chi connectivity index (χ1n) is 12.6. The Kier molecular flexibility index (Phi) is 5.23. The van der Waals surface area contributed by atoms with Crippen molar-refractivity contribution in [2.45, 2.75) is 51.5 Å². The molecule has 0 unspecified atom stereocenters. The van der Waals surface area contributed by atoms with Gasteiger partial charge in [0.2, 0.25) is 0 Å². The molecule has 5 heteroatoms. The number of ether oxygens (including phenoxy) is 1. The third kappa shape index (κ3) is 3.71. The van der Waals surface area contributed by atoms with Crippen molar-refractivity contribution in [1.29, 1.82) is 0 Å². The number of aromatic nitrogens is 2. The summed E-state index contributed by atoms with van der Waals surface area (Å²) < 4.78 is 7.24. The van der Waals surface area contributed by atoms with Crippen LogP contribution in [0.15, 0.2) is 60.8 Å². The maximum atomic E-state index is 13.7. The molecule has 1 N–H and O–H groups in total. The van der Waals surface area contributed by atoms with E-state index in [1.165, 1.54) is 38.5 Å². The number of hydrogen-bond donors (Lipinski definition) is 1. The summed E-state index contributed by atoms with van der Waals surface area (Å²) in [7, 11) is 1.66. The zero-order valence-electron chi connectivity index (χ0n) is 20.0. The molecule has 4 bridgehead atoms. The van der Waals surface area contributed by atoms with Crippen molar-refractivity contribution in [2.75, 3.05) is 7.11 Å². The van der Waals surface area contributed by atoms with Gasteiger partial charge in [0, 0.05) is 17.8 Å². The van der Waals surface area contributed by atoms with E-state index in [0.29, 0.717) is 11.3 Å². The van der Waals surface area contributed by atoms with Crippen LogP contribution in [0.2, 0.25) is 0 Å². The Labute approximate surface area is 201 Å². The van der Waals surface area contributed by atoms with Crippen LogP contribution in [0.25, 0.3) is 16.9 Å². The van der Waals surface area contributed by atoms with E-state index in [0.717, 1.165) is 34.8 Å². The highest BCUT2D eigenvalue weighted by Crippen LogP contribution is 2.61. The molecule has 34 heavy (non-hydrogen) atoms. The predicted octanol–water partition coefficient (Wildman–Crippen LogP) is 5.88. The fourth-order valence-corrected chi connectivity index (χ4v) is 7.37. The van der Waals surface area contributed by atoms with E-state index in [1.807, 2.05) is 60.8 Å². The average molecular weight is 456 g/mol. The van der Waals surface area contributed by atoms with Crippen LogP contribution in [-0.4, -0.2) is 28.8 Å². The number of para-hydroxylation sites is 1. The summed E-state index contributed by atoms with van der Waals surface area (Å²) in [6, 6.07) is 17.9. The molecule has 3 aromatic rings. The van der Waals surface area contributed by atoms with Gasteiger partial charge < -0.3 is 10.1 Å². The molecule has 1 amide bonds. The Hall–Kier alpha value is -3.08. The molecule has 2 aromatic carbocycles. The largest absolute Gasteiger partial charge is 0.497 e. The molecular weight excluding hydrogens is 422 g/mol. The van der Waals surface area contributed by atoms with Crippen LogP contribution in [0, 0.1) is 23.2 Å². The molecule has 4 aliphatic rings. The van der Waals surface area contributed by atoms with Gasteiger partial charge in [-0.05, 0) is 92.9 Å². The van der Waals surface area contributed by atoms with Crippen molar-refractivity contribution in [2.24, 2.45) is 23.2 Å². The molecule has 5 nitrogen and oxygen atoms in total. The summed E-state index contributed by atoms with van der Waals surface area (Å²) in [5.41, 5.74) is 3.35. The second kappa shape index (κ2) is 8.30. The summed E-state index contributed by atoms with van der Waals surface area (Å²) in [5, 5.41) is 8.28. The van der Waals surface area contributed by atoms with Crippen LogP contribution in [0.5, 0.6) is 5.75 Å². The van der Waals surface area contributed by atoms with Crippen molar-refractivity contribution in [3.05, 3.63) is 66.4 Å². The van der Waals surface area contributed by atoms with E-state index < -0.39 is 0 Å². The van der Waals surface area contributed by atoms with Gasteiger partial charge in [-0.25, -0.2) is 4.68 Å². The van der Waals surface area contributed by atoms with Crippen LogP contribution in [-0.2, 0) is 0 Å². The van der Waals surface area contributed by atoms with Gasteiger partial charge in [0.25, 0.3) is 5.91 Å². The van der Waals surface area contributed by atoms with Gasteiger partial charge in [0.1, 0.15) is 11.4 Å². The lowest BCUT2D eigenvalue weighted by molar-refractivity contribution is -0.0687. The lowest BCUT2D eigenvalue weighted by Gasteiger charge is -2.59. The number of hydrogen-bond acceptors (Lipinski definition) is 3. The van der Waals surface area contributed by atoms with Gasteiger partial charge in [-0.15, -0.1) is 0 Å². The average Bonchev–Trinajstić information content (AvgIpc) is 3.30. The maximum absolute atomic E-state index is 13.7. The van der Waals surface area contributed by atoms with Gasteiger partial charge in [0.15, 0.2) is 0 Å². The first kappa shape index (κ1) is 21.5. The van der Waals surface area contributed by atoms with Gasteiger partial charge in [-0.1, -0.05) is 30.3 Å². The van der Waals surface area contributed by atoms with Gasteiger partial charge in [-0.3, -0.25) is 4.79 Å². The first-order valence-corrected chi connectivity index (χ1v) is 12.6. The summed E-state index contributed by atoms with van der Waals surface area (Å²) in [6.45, 7) is 2.23. The Morgan fingerprint density at radius 3 is 2.35 bits per heavy atom. The van der Waals surface area contributed by atoms with E-state index in [-0.39, 0.29) is 17.4 Å². The Morgan fingerprint density at radius 2 is 1.71 bits per heavy atom. The third-order valence-electron chi connectivity index (χ3n) is 8.67. The maximum Gasteiger partial charge on any atom is 0.255 e. The van der Waals surface area contributed by atoms with Crippen molar-refractivity contribution in [3.8, 4) is 22.7 Å². The molecule has 0 spiro atoms. The minimum absolute atomic E-state index is 0.0387. The van der Waals surface area contributed by atoms with Gasteiger partial charge >= 0.3 is 0 Å². The summed E-state index contributed by atoms with van der Waals surface area (Å²) in [5.74, 6) is 3.29. The minimum atomic E-state index is -0.0387. The van der Waals surface area contributed by atoms with E-state index in [9.17, 15) is 4.79 Å². The molecule has 7 rings (SSSR count). The predicted molar refractivity (Wildman–Crippen MR) is 133 cm³/mol. The van der Waals surface area contributed by atoms with Crippen molar-refractivity contribution >= 4 is 5.91 Å². The molecule has 1 heterocycles. The second-order valence-electron chi connectivity index (χ2n) is 10.9. The Balaban J connectivity index is 1.33. The van der Waals surface area contributed by atoms with Gasteiger partial charge in [-0.2, -0.15) is 5.10 Å². The number of amides is 1. The van der Waals surface area contributed by atoms with Gasteiger partial charge in [0.05, 0.1) is 18.4 Å². The van der Waals surface area contributed by atoms with Crippen molar-refractivity contribution < 1.29 is 9.53 Å². The summed E-state index contributed by atoms with van der Waals surface area (Å²) in [4.78, 5) is 13.7. The zero-order chi connectivity index (χ0) is 23.3. The number of nitrogens with one attached hydrogen (secondary N) is 1. The molecule has 0 saturated heterocycles. The van der Waals surface area contributed by atoms with Crippen LogP contribution < -0.4 is 10.1 Å². The quantitative estimate of drug-likeness (QED) is 0.505. The number of carbonyl (C=O) groups excluding carboxylic acids is 1. The van der Waals surface area contributed by atoms with Crippen LogP contribution >= 0.6 is 0 Å². The molecule has 4 aliphatic carbocycles. The number of benzene rings is 2. The Bertz CT molecular complexity index is 1160. The molecular formula is C29H33N3O2. The van der Waals surface area contributed by atoms with E-state index in [1.54, 1.807) is 11.8 Å². The molecule has 0 aliphatic heterocycles. The minimum Gasteiger partial charge on any atom is -0.497 e. The molecule has 4 saturated carbocycles. The smallest absolute Gasteiger partial charge is 0.255 e. The molecule has 1 atom stereocenters. The molecule has 176 valence electrons. The monoisotopic (exact) mass is 455 g/mol. The highest BCUT2D eigenvalue weighted by Gasteiger charge is 2.53. The SMILES string of the molecule is COc1cccc(-c2nn(-c3ccccc3)cc2C(=O)N[C@@H](C)C23CC4CC(CC(C4)C2)C3)c1. The molecule has 1 aromatic heterocycles. The lowest BCUT2D eigenvalue weighted by Crippen LogP contribution is -2.55. The van der Waals surface area contributed by atoms with E-state index >= 15 is 0 Å². The standard InChI is InChI=1S/C29H33N3O2/c1-19(29-15-20-11-21(16-29)13-22(12-20)17-29)30-28(33)26-18-32(24-8-4-3-5-9-24)31-27(26)23-7-6-10-25(14-23)34-2/h3-10,14,18-22H,11-13,15-17H2,1-2H3,(H,30,33)/t19-,20?,21?,22?,29?/m0/s1. The second-order valence-corrected chi connectivity index (χ2v) is 10.9. The third-order valence-corrected chi connectivity index (χ3v) is 8.67.